The van der Waals surface area contributed by atoms with E-state index < -0.39 is 0 Å². The minimum Gasteiger partial charge on any atom is -0.397 e. The van der Waals surface area contributed by atoms with Crippen LogP contribution in [0.25, 0.3) is 10.9 Å². The van der Waals surface area contributed by atoms with E-state index in [0.717, 1.165) is 23.1 Å². The average molecular weight is 250 g/mol. The summed E-state index contributed by atoms with van der Waals surface area (Å²) in [6, 6.07) is 11.8. The van der Waals surface area contributed by atoms with Gasteiger partial charge in [-0.1, -0.05) is 0 Å². The Hall–Kier alpha value is -2.62. The number of nitrogens with zero attached hydrogens (tertiary/aromatic N) is 2. The highest BCUT2D eigenvalue weighted by Crippen LogP contribution is 2.26. The Morgan fingerprint density at radius 3 is 2.68 bits per heavy atom. The minimum atomic E-state index is 0.699. The minimum absolute atomic E-state index is 0.699. The maximum absolute atomic E-state index is 5.93. The number of nitrogens with two attached hydrogens (primary N) is 1. The van der Waals surface area contributed by atoms with Crippen LogP contribution in [0.3, 0.4) is 0 Å². The lowest BCUT2D eigenvalue weighted by molar-refractivity contribution is 1.13. The van der Waals surface area contributed by atoms with Gasteiger partial charge in [0.15, 0.2) is 0 Å². The van der Waals surface area contributed by atoms with Gasteiger partial charge in [-0.05, 0) is 42.0 Å². The van der Waals surface area contributed by atoms with Gasteiger partial charge in [0.05, 0.1) is 11.2 Å². The van der Waals surface area contributed by atoms with Crippen LogP contribution in [-0.2, 0) is 6.54 Å². The molecule has 0 spiro atoms. The summed E-state index contributed by atoms with van der Waals surface area (Å²) >= 11 is 0. The van der Waals surface area contributed by atoms with E-state index in [9.17, 15) is 0 Å². The molecule has 2 heterocycles. The number of rotatable bonds is 3. The highest BCUT2D eigenvalue weighted by molar-refractivity contribution is 5.98. The average Bonchev–Trinajstić information content (AvgIpc) is 2.48. The molecular formula is C15H14N4. The van der Waals surface area contributed by atoms with Gasteiger partial charge < -0.3 is 11.1 Å². The van der Waals surface area contributed by atoms with Crippen LogP contribution >= 0.6 is 0 Å². The molecule has 0 atom stereocenters. The van der Waals surface area contributed by atoms with Gasteiger partial charge in [0, 0.05) is 36.2 Å². The van der Waals surface area contributed by atoms with E-state index in [4.69, 9.17) is 5.73 Å². The lowest BCUT2D eigenvalue weighted by Gasteiger charge is -2.10. The molecule has 0 aliphatic rings. The standard InChI is InChI=1S/C15H14N4/c16-13-3-4-14(12-2-1-7-18-15(12)13)19-10-11-5-8-17-9-6-11/h1-9,19H,10,16H2. The third-order valence-corrected chi connectivity index (χ3v) is 3.03. The molecule has 1 aromatic carbocycles. The Kier molecular flexibility index (Phi) is 2.98. The molecule has 0 bridgehead atoms. The molecule has 94 valence electrons. The molecule has 3 rings (SSSR count). The van der Waals surface area contributed by atoms with E-state index in [1.807, 2.05) is 36.4 Å². The van der Waals surface area contributed by atoms with Crippen LogP contribution < -0.4 is 11.1 Å². The van der Waals surface area contributed by atoms with Crippen molar-refractivity contribution in [2.45, 2.75) is 6.54 Å². The van der Waals surface area contributed by atoms with Crippen LogP contribution in [-0.4, -0.2) is 9.97 Å². The van der Waals surface area contributed by atoms with E-state index in [0.29, 0.717) is 5.69 Å². The molecule has 0 radical (unpaired) electrons. The zero-order chi connectivity index (χ0) is 13.1. The summed E-state index contributed by atoms with van der Waals surface area (Å²) in [4.78, 5) is 8.33. The molecule has 0 aliphatic carbocycles. The van der Waals surface area contributed by atoms with E-state index in [2.05, 4.69) is 15.3 Å². The fourth-order valence-electron chi connectivity index (χ4n) is 2.05. The van der Waals surface area contributed by atoms with Crippen molar-refractivity contribution in [2.24, 2.45) is 0 Å². The summed E-state index contributed by atoms with van der Waals surface area (Å²) in [7, 11) is 0. The normalized spacial score (nSPS) is 10.5. The van der Waals surface area contributed by atoms with Crippen LogP contribution in [0.2, 0.25) is 0 Å². The number of nitrogens with one attached hydrogen (secondary N) is 1. The van der Waals surface area contributed by atoms with Gasteiger partial charge in [0.1, 0.15) is 0 Å². The second kappa shape index (κ2) is 4.94. The van der Waals surface area contributed by atoms with Gasteiger partial charge in [-0.3, -0.25) is 9.97 Å². The number of benzene rings is 1. The molecule has 0 amide bonds. The van der Waals surface area contributed by atoms with E-state index in [-0.39, 0.29) is 0 Å². The number of fused-ring (bicyclic) bond motifs is 1. The quantitative estimate of drug-likeness (QED) is 0.702. The van der Waals surface area contributed by atoms with E-state index in [1.165, 1.54) is 5.56 Å². The van der Waals surface area contributed by atoms with Crippen molar-refractivity contribution in [3.63, 3.8) is 0 Å². The fourth-order valence-corrected chi connectivity index (χ4v) is 2.05. The van der Waals surface area contributed by atoms with Crippen LogP contribution in [0, 0.1) is 0 Å². The van der Waals surface area contributed by atoms with Crippen molar-refractivity contribution in [3.8, 4) is 0 Å². The predicted octanol–water partition coefficient (Wildman–Crippen LogP) is 2.82. The first-order valence-corrected chi connectivity index (χ1v) is 6.10. The van der Waals surface area contributed by atoms with Gasteiger partial charge in [0.25, 0.3) is 0 Å². The molecule has 0 unspecified atom stereocenters. The molecule has 3 N–H and O–H groups in total. The SMILES string of the molecule is Nc1ccc(NCc2ccncc2)c2cccnc12. The fraction of sp³-hybridized carbons (Fsp3) is 0.0667. The number of anilines is 2. The first-order chi connectivity index (χ1) is 9.34. The van der Waals surface area contributed by atoms with Crippen molar-refractivity contribution in [2.75, 3.05) is 11.1 Å². The zero-order valence-corrected chi connectivity index (χ0v) is 10.4. The second-order valence-corrected chi connectivity index (χ2v) is 4.31. The van der Waals surface area contributed by atoms with Crippen molar-refractivity contribution >= 4 is 22.3 Å². The number of aromatic nitrogens is 2. The van der Waals surface area contributed by atoms with Crippen LogP contribution in [0.5, 0.6) is 0 Å². The summed E-state index contributed by atoms with van der Waals surface area (Å²) in [6.07, 6.45) is 5.34. The Morgan fingerprint density at radius 1 is 1.00 bits per heavy atom. The molecule has 3 aromatic rings. The maximum Gasteiger partial charge on any atom is 0.0951 e. The second-order valence-electron chi connectivity index (χ2n) is 4.31. The van der Waals surface area contributed by atoms with Gasteiger partial charge in [-0.2, -0.15) is 0 Å². The summed E-state index contributed by atoms with van der Waals surface area (Å²) in [5.41, 5.74) is 9.69. The third-order valence-electron chi connectivity index (χ3n) is 3.03. The largest absolute Gasteiger partial charge is 0.397 e. The van der Waals surface area contributed by atoms with Gasteiger partial charge in [-0.15, -0.1) is 0 Å². The molecule has 0 fully saturated rings. The third kappa shape index (κ3) is 2.33. The molecule has 2 aromatic heterocycles. The maximum atomic E-state index is 5.93. The van der Waals surface area contributed by atoms with E-state index in [1.54, 1.807) is 18.6 Å². The lowest BCUT2D eigenvalue weighted by Crippen LogP contribution is -2.01. The Labute approximate surface area is 111 Å². The molecule has 19 heavy (non-hydrogen) atoms. The zero-order valence-electron chi connectivity index (χ0n) is 10.4. The predicted molar refractivity (Wildman–Crippen MR) is 77.7 cm³/mol. The monoisotopic (exact) mass is 250 g/mol. The lowest BCUT2D eigenvalue weighted by atomic mass is 10.1. The van der Waals surface area contributed by atoms with Crippen molar-refractivity contribution in [1.29, 1.82) is 0 Å². The Morgan fingerprint density at radius 2 is 1.84 bits per heavy atom. The topological polar surface area (TPSA) is 63.8 Å². The number of pyridine rings is 2. The van der Waals surface area contributed by atoms with Crippen molar-refractivity contribution in [3.05, 3.63) is 60.6 Å². The highest BCUT2D eigenvalue weighted by Gasteiger charge is 2.04. The van der Waals surface area contributed by atoms with Crippen LogP contribution in [0.4, 0.5) is 11.4 Å². The smallest absolute Gasteiger partial charge is 0.0951 e. The molecule has 0 saturated heterocycles. The van der Waals surface area contributed by atoms with Crippen molar-refractivity contribution < 1.29 is 0 Å². The summed E-state index contributed by atoms with van der Waals surface area (Å²) in [5, 5.41) is 4.45. The molecular weight excluding hydrogens is 236 g/mol. The summed E-state index contributed by atoms with van der Waals surface area (Å²) < 4.78 is 0. The Bertz CT molecular complexity index is 695. The van der Waals surface area contributed by atoms with Gasteiger partial charge in [-0.25, -0.2) is 0 Å². The van der Waals surface area contributed by atoms with Crippen LogP contribution in [0.1, 0.15) is 5.56 Å². The molecule has 4 heteroatoms. The van der Waals surface area contributed by atoms with E-state index >= 15 is 0 Å². The Balaban J connectivity index is 1.91. The van der Waals surface area contributed by atoms with Gasteiger partial charge in [0.2, 0.25) is 0 Å². The summed E-state index contributed by atoms with van der Waals surface area (Å²) in [5.74, 6) is 0. The number of hydrogen-bond donors (Lipinski definition) is 2. The molecule has 0 saturated carbocycles. The summed E-state index contributed by atoms with van der Waals surface area (Å²) in [6.45, 7) is 0.746. The van der Waals surface area contributed by atoms with Crippen molar-refractivity contribution in [1.82, 2.24) is 9.97 Å². The molecule has 4 nitrogen and oxygen atoms in total. The van der Waals surface area contributed by atoms with Gasteiger partial charge >= 0.3 is 0 Å². The highest BCUT2D eigenvalue weighted by atomic mass is 14.9. The number of nitrogen functional groups attached to an aromatic ring is 1. The number of hydrogen-bond acceptors (Lipinski definition) is 4. The first-order valence-electron chi connectivity index (χ1n) is 6.10. The first kappa shape index (κ1) is 11.5. The molecule has 0 aliphatic heterocycles. The van der Waals surface area contributed by atoms with Crippen LogP contribution in [0.15, 0.2) is 55.0 Å².